The van der Waals surface area contributed by atoms with Crippen LogP contribution in [0.5, 0.6) is 0 Å². The van der Waals surface area contributed by atoms with E-state index in [4.69, 9.17) is 10.5 Å². The third kappa shape index (κ3) is 3.65. The number of pyridine rings is 1. The summed E-state index contributed by atoms with van der Waals surface area (Å²) in [6.45, 7) is 2.06. The van der Waals surface area contributed by atoms with Crippen molar-refractivity contribution in [3.05, 3.63) is 24.0 Å². The molecular formula is C10H15N3O2. The summed E-state index contributed by atoms with van der Waals surface area (Å²) in [5, 5.41) is 2.68. The van der Waals surface area contributed by atoms with Gasteiger partial charge in [-0.1, -0.05) is 0 Å². The van der Waals surface area contributed by atoms with E-state index in [2.05, 4.69) is 10.3 Å². The Morgan fingerprint density at radius 3 is 3.07 bits per heavy atom. The Labute approximate surface area is 88.6 Å². The molecule has 1 heterocycles. The predicted molar refractivity (Wildman–Crippen MR) is 57.5 cm³/mol. The van der Waals surface area contributed by atoms with E-state index < -0.39 is 6.04 Å². The summed E-state index contributed by atoms with van der Waals surface area (Å²) in [5.41, 5.74) is 7.10. The molecule has 0 saturated carbocycles. The van der Waals surface area contributed by atoms with Crippen LogP contribution in [0.2, 0.25) is 0 Å². The summed E-state index contributed by atoms with van der Waals surface area (Å²) in [5.74, 6) is -0.262. The number of ether oxygens (including phenoxy) is 1. The number of nitrogens with two attached hydrogens (primary N) is 1. The number of methoxy groups -OCH3 is 1. The lowest BCUT2D eigenvalue weighted by molar-refractivity contribution is -0.118. The van der Waals surface area contributed by atoms with Gasteiger partial charge in [0.1, 0.15) is 6.04 Å². The zero-order valence-electron chi connectivity index (χ0n) is 8.86. The van der Waals surface area contributed by atoms with Crippen LogP contribution >= 0.6 is 0 Å². The lowest BCUT2D eigenvalue weighted by Crippen LogP contribution is -2.39. The van der Waals surface area contributed by atoms with Gasteiger partial charge in [0.15, 0.2) is 0 Å². The van der Waals surface area contributed by atoms with Crippen LogP contribution < -0.4 is 11.1 Å². The number of aryl methyl sites for hydroxylation is 1. The summed E-state index contributed by atoms with van der Waals surface area (Å²) in [4.78, 5) is 15.5. The zero-order chi connectivity index (χ0) is 11.3. The van der Waals surface area contributed by atoms with Crippen LogP contribution in [0.1, 0.15) is 5.69 Å². The summed E-state index contributed by atoms with van der Waals surface area (Å²) in [6.07, 6.45) is 1.63. The van der Waals surface area contributed by atoms with Crippen molar-refractivity contribution in [3.63, 3.8) is 0 Å². The number of carbonyl (C=O) groups excluding carboxylic acids is 1. The minimum Gasteiger partial charge on any atom is -0.383 e. The van der Waals surface area contributed by atoms with Gasteiger partial charge in [0.2, 0.25) is 5.91 Å². The standard InChI is InChI=1S/C10H15N3O2/c1-7-5-8(3-4-12-7)13-10(14)9(11)6-15-2/h3-5,9H,6,11H2,1-2H3,(H,12,13,14). The van der Waals surface area contributed by atoms with E-state index >= 15 is 0 Å². The Morgan fingerprint density at radius 2 is 2.47 bits per heavy atom. The van der Waals surface area contributed by atoms with Gasteiger partial charge in [0.05, 0.1) is 6.61 Å². The molecule has 82 valence electrons. The molecule has 0 radical (unpaired) electrons. The number of aromatic nitrogens is 1. The monoisotopic (exact) mass is 209 g/mol. The molecule has 1 amide bonds. The van der Waals surface area contributed by atoms with Crippen LogP contribution in [0.15, 0.2) is 18.3 Å². The second-order valence-electron chi connectivity index (χ2n) is 3.24. The van der Waals surface area contributed by atoms with E-state index in [1.807, 2.05) is 6.92 Å². The van der Waals surface area contributed by atoms with E-state index in [-0.39, 0.29) is 12.5 Å². The second kappa shape index (κ2) is 5.43. The van der Waals surface area contributed by atoms with Crippen LogP contribution in [0.4, 0.5) is 5.69 Å². The van der Waals surface area contributed by atoms with Gasteiger partial charge >= 0.3 is 0 Å². The molecule has 0 bridgehead atoms. The highest BCUT2D eigenvalue weighted by molar-refractivity contribution is 5.94. The molecule has 1 aromatic heterocycles. The fourth-order valence-electron chi connectivity index (χ4n) is 1.11. The molecule has 0 aromatic carbocycles. The SMILES string of the molecule is COCC(N)C(=O)Nc1ccnc(C)c1. The predicted octanol–water partition coefficient (Wildman–Crippen LogP) is 0.302. The van der Waals surface area contributed by atoms with Crippen LogP contribution in [-0.2, 0) is 9.53 Å². The van der Waals surface area contributed by atoms with E-state index in [0.29, 0.717) is 5.69 Å². The summed E-state index contributed by atoms with van der Waals surface area (Å²) < 4.78 is 4.79. The lowest BCUT2D eigenvalue weighted by Gasteiger charge is -2.11. The Hall–Kier alpha value is -1.46. The van der Waals surface area contributed by atoms with Crippen molar-refractivity contribution in [1.29, 1.82) is 0 Å². The number of rotatable bonds is 4. The van der Waals surface area contributed by atoms with Gasteiger partial charge in [-0.25, -0.2) is 0 Å². The smallest absolute Gasteiger partial charge is 0.243 e. The highest BCUT2D eigenvalue weighted by Gasteiger charge is 2.12. The van der Waals surface area contributed by atoms with Crippen LogP contribution in [0, 0.1) is 6.92 Å². The first-order valence-electron chi connectivity index (χ1n) is 4.61. The molecule has 5 heteroatoms. The van der Waals surface area contributed by atoms with Gasteiger partial charge in [-0.05, 0) is 19.1 Å². The molecule has 0 aliphatic heterocycles. The molecule has 15 heavy (non-hydrogen) atoms. The summed E-state index contributed by atoms with van der Waals surface area (Å²) in [7, 11) is 1.50. The molecule has 1 unspecified atom stereocenters. The van der Waals surface area contributed by atoms with E-state index in [1.54, 1.807) is 18.3 Å². The summed E-state index contributed by atoms with van der Waals surface area (Å²) >= 11 is 0. The molecule has 0 fully saturated rings. The van der Waals surface area contributed by atoms with Crippen molar-refractivity contribution in [2.45, 2.75) is 13.0 Å². The van der Waals surface area contributed by atoms with Crippen LogP contribution in [0.3, 0.4) is 0 Å². The van der Waals surface area contributed by atoms with Crippen molar-refractivity contribution in [3.8, 4) is 0 Å². The average Bonchev–Trinajstić information content (AvgIpc) is 2.18. The van der Waals surface area contributed by atoms with Crippen molar-refractivity contribution in [2.75, 3.05) is 19.0 Å². The third-order valence-corrected chi connectivity index (χ3v) is 1.85. The van der Waals surface area contributed by atoms with Gasteiger partial charge in [-0.2, -0.15) is 0 Å². The fourth-order valence-corrected chi connectivity index (χ4v) is 1.11. The quantitative estimate of drug-likeness (QED) is 0.747. The Bertz CT molecular complexity index is 341. The second-order valence-corrected chi connectivity index (χ2v) is 3.24. The van der Waals surface area contributed by atoms with Crippen LogP contribution in [-0.4, -0.2) is 30.6 Å². The van der Waals surface area contributed by atoms with Crippen molar-refractivity contribution >= 4 is 11.6 Å². The number of anilines is 1. The molecule has 5 nitrogen and oxygen atoms in total. The first-order chi connectivity index (χ1) is 7.13. The first-order valence-corrected chi connectivity index (χ1v) is 4.61. The number of amides is 1. The molecule has 0 aliphatic rings. The molecule has 3 N–H and O–H groups in total. The van der Waals surface area contributed by atoms with E-state index in [1.165, 1.54) is 7.11 Å². The molecule has 0 aliphatic carbocycles. The fraction of sp³-hybridized carbons (Fsp3) is 0.400. The van der Waals surface area contributed by atoms with Gasteiger partial charge in [-0.15, -0.1) is 0 Å². The number of hydrogen-bond donors (Lipinski definition) is 2. The molecule has 1 aromatic rings. The maximum absolute atomic E-state index is 11.5. The molecule has 1 rings (SSSR count). The number of nitrogens with one attached hydrogen (secondary N) is 1. The number of nitrogens with zero attached hydrogens (tertiary/aromatic N) is 1. The average molecular weight is 209 g/mol. The van der Waals surface area contributed by atoms with Crippen molar-refractivity contribution < 1.29 is 9.53 Å². The van der Waals surface area contributed by atoms with Crippen molar-refractivity contribution in [2.24, 2.45) is 5.73 Å². The van der Waals surface area contributed by atoms with E-state index in [9.17, 15) is 4.79 Å². The molecule has 1 atom stereocenters. The highest BCUT2D eigenvalue weighted by atomic mass is 16.5. The Balaban J connectivity index is 2.58. The highest BCUT2D eigenvalue weighted by Crippen LogP contribution is 2.06. The first kappa shape index (κ1) is 11.6. The van der Waals surface area contributed by atoms with Crippen LogP contribution in [0.25, 0.3) is 0 Å². The van der Waals surface area contributed by atoms with Gasteiger partial charge in [0.25, 0.3) is 0 Å². The third-order valence-electron chi connectivity index (χ3n) is 1.85. The summed E-state index contributed by atoms with van der Waals surface area (Å²) in [6, 6.07) is 2.84. The molecule has 0 spiro atoms. The molecular weight excluding hydrogens is 194 g/mol. The Kier molecular flexibility index (Phi) is 4.20. The minimum atomic E-state index is -0.650. The van der Waals surface area contributed by atoms with Gasteiger partial charge < -0.3 is 15.8 Å². The van der Waals surface area contributed by atoms with Gasteiger partial charge in [0, 0.05) is 24.7 Å². The maximum Gasteiger partial charge on any atom is 0.243 e. The topological polar surface area (TPSA) is 77.2 Å². The molecule has 0 saturated heterocycles. The number of hydrogen-bond acceptors (Lipinski definition) is 4. The number of carbonyl (C=O) groups is 1. The normalized spacial score (nSPS) is 12.2. The van der Waals surface area contributed by atoms with Crippen molar-refractivity contribution in [1.82, 2.24) is 4.98 Å². The lowest BCUT2D eigenvalue weighted by atomic mass is 10.3. The minimum absolute atomic E-state index is 0.204. The van der Waals surface area contributed by atoms with Gasteiger partial charge in [-0.3, -0.25) is 9.78 Å². The largest absolute Gasteiger partial charge is 0.383 e. The zero-order valence-corrected chi connectivity index (χ0v) is 8.86. The Morgan fingerprint density at radius 1 is 1.73 bits per heavy atom. The van der Waals surface area contributed by atoms with E-state index in [0.717, 1.165) is 5.69 Å². The maximum atomic E-state index is 11.5.